The summed E-state index contributed by atoms with van der Waals surface area (Å²) in [6.07, 6.45) is -0.530. The number of hydrogen-bond acceptors (Lipinski definition) is 5. The van der Waals surface area contributed by atoms with E-state index >= 15 is 0 Å². The third kappa shape index (κ3) is 5.71. The number of β-amino-alcohol motifs (C(OH)–C–C–N with tert-alkyl or cyclic N) is 1. The zero-order valence-electron chi connectivity index (χ0n) is 12.2. The van der Waals surface area contributed by atoms with Crippen LogP contribution < -0.4 is 10.1 Å². The average Bonchev–Trinajstić information content (AvgIpc) is 2.47. The molecular formula is C15H22N2O4. The van der Waals surface area contributed by atoms with Gasteiger partial charge in [0, 0.05) is 32.2 Å². The lowest BCUT2D eigenvalue weighted by molar-refractivity contribution is -0.114. The van der Waals surface area contributed by atoms with Crippen molar-refractivity contribution in [3.05, 3.63) is 24.3 Å². The van der Waals surface area contributed by atoms with Crippen molar-refractivity contribution in [3.8, 4) is 5.75 Å². The van der Waals surface area contributed by atoms with Gasteiger partial charge in [-0.15, -0.1) is 0 Å². The van der Waals surface area contributed by atoms with Gasteiger partial charge in [-0.25, -0.2) is 0 Å². The van der Waals surface area contributed by atoms with Gasteiger partial charge in [0.05, 0.1) is 13.2 Å². The van der Waals surface area contributed by atoms with Crippen molar-refractivity contribution >= 4 is 11.6 Å². The van der Waals surface area contributed by atoms with Gasteiger partial charge in [0.25, 0.3) is 0 Å². The molecule has 1 atom stereocenters. The first-order chi connectivity index (χ1) is 10.1. The van der Waals surface area contributed by atoms with Gasteiger partial charge in [-0.1, -0.05) is 0 Å². The van der Waals surface area contributed by atoms with Crippen LogP contribution in [0.3, 0.4) is 0 Å². The van der Waals surface area contributed by atoms with Crippen molar-refractivity contribution in [2.75, 3.05) is 44.8 Å². The van der Waals surface area contributed by atoms with E-state index in [1.165, 1.54) is 6.92 Å². The fourth-order valence-electron chi connectivity index (χ4n) is 2.16. The Morgan fingerprint density at radius 3 is 2.67 bits per heavy atom. The van der Waals surface area contributed by atoms with Crippen LogP contribution in [0.15, 0.2) is 24.3 Å². The van der Waals surface area contributed by atoms with Gasteiger partial charge in [-0.2, -0.15) is 0 Å². The Balaban J connectivity index is 1.72. The van der Waals surface area contributed by atoms with Crippen molar-refractivity contribution in [1.29, 1.82) is 0 Å². The number of nitrogens with zero attached hydrogens (tertiary/aromatic N) is 1. The molecule has 1 heterocycles. The van der Waals surface area contributed by atoms with E-state index in [9.17, 15) is 9.90 Å². The number of rotatable bonds is 6. The van der Waals surface area contributed by atoms with Crippen molar-refractivity contribution in [2.45, 2.75) is 13.0 Å². The molecule has 0 bridgehead atoms. The van der Waals surface area contributed by atoms with Crippen LogP contribution in [0.4, 0.5) is 5.69 Å². The second-order valence-electron chi connectivity index (χ2n) is 5.08. The smallest absolute Gasteiger partial charge is 0.221 e. The van der Waals surface area contributed by atoms with E-state index in [1.807, 2.05) is 0 Å². The SMILES string of the molecule is CC(=O)Nc1ccc(OC[C@H](O)CN2CCOCC2)cc1. The second kappa shape index (κ2) is 7.97. The number of morpholine rings is 1. The molecule has 0 spiro atoms. The molecule has 6 nitrogen and oxygen atoms in total. The largest absolute Gasteiger partial charge is 0.491 e. The van der Waals surface area contributed by atoms with Crippen LogP contribution in [0.25, 0.3) is 0 Å². The van der Waals surface area contributed by atoms with E-state index in [0.717, 1.165) is 32.0 Å². The molecule has 1 aromatic rings. The van der Waals surface area contributed by atoms with Crippen LogP contribution in [-0.4, -0.2) is 61.5 Å². The molecule has 1 aromatic carbocycles. The highest BCUT2D eigenvalue weighted by Gasteiger charge is 2.15. The number of anilines is 1. The number of aliphatic hydroxyl groups is 1. The molecule has 0 saturated carbocycles. The van der Waals surface area contributed by atoms with E-state index in [2.05, 4.69) is 10.2 Å². The number of carbonyl (C=O) groups excluding carboxylic acids is 1. The highest BCUT2D eigenvalue weighted by atomic mass is 16.5. The first kappa shape index (κ1) is 15.8. The molecule has 0 aromatic heterocycles. The fourth-order valence-corrected chi connectivity index (χ4v) is 2.16. The lowest BCUT2D eigenvalue weighted by atomic mass is 10.3. The van der Waals surface area contributed by atoms with E-state index in [0.29, 0.717) is 12.3 Å². The lowest BCUT2D eigenvalue weighted by Gasteiger charge is -2.28. The Labute approximate surface area is 124 Å². The topological polar surface area (TPSA) is 71.0 Å². The van der Waals surface area contributed by atoms with Gasteiger partial charge >= 0.3 is 0 Å². The Hall–Kier alpha value is -1.63. The van der Waals surface area contributed by atoms with Gasteiger partial charge in [0.15, 0.2) is 0 Å². The molecule has 116 valence electrons. The molecule has 1 fully saturated rings. The van der Waals surface area contributed by atoms with Crippen molar-refractivity contribution in [2.24, 2.45) is 0 Å². The summed E-state index contributed by atoms with van der Waals surface area (Å²) in [5, 5.41) is 12.7. The summed E-state index contributed by atoms with van der Waals surface area (Å²) >= 11 is 0. The maximum absolute atomic E-state index is 10.9. The lowest BCUT2D eigenvalue weighted by Crippen LogP contribution is -2.42. The zero-order chi connectivity index (χ0) is 15.1. The molecule has 2 N–H and O–H groups in total. The minimum Gasteiger partial charge on any atom is -0.491 e. The first-order valence-corrected chi connectivity index (χ1v) is 7.12. The zero-order valence-corrected chi connectivity index (χ0v) is 12.2. The van der Waals surface area contributed by atoms with Gasteiger partial charge in [-0.3, -0.25) is 9.69 Å². The monoisotopic (exact) mass is 294 g/mol. The highest BCUT2D eigenvalue weighted by molar-refractivity contribution is 5.88. The molecule has 2 rings (SSSR count). The molecule has 0 radical (unpaired) electrons. The predicted molar refractivity (Wildman–Crippen MR) is 79.5 cm³/mol. The Morgan fingerprint density at radius 1 is 1.38 bits per heavy atom. The van der Waals surface area contributed by atoms with E-state index < -0.39 is 6.10 Å². The van der Waals surface area contributed by atoms with Crippen molar-refractivity contribution in [3.63, 3.8) is 0 Å². The van der Waals surface area contributed by atoms with Gasteiger partial charge in [-0.05, 0) is 24.3 Å². The predicted octanol–water partition coefficient (Wildman–Crippen LogP) is 0.717. The maximum Gasteiger partial charge on any atom is 0.221 e. The Morgan fingerprint density at radius 2 is 2.05 bits per heavy atom. The summed E-state index contributed by atoms with van der Waals surface area (Å²) < 4.78 is 10.8. The van der Waals surface area contributed by atoms with E-state index in [-0.39, 0.29) is 12.5 Å². The van der Waals surface area contributed by atoms with E-state index in [1.54, 1.807) is 24.3 Å². The maximum atomic E-state index is 10.9. The Kier molecular flexibility index (Phi) is 5.98. The van der Waals surface area contributed by atoms with Gasteiger partial charge < -0.3 is 19.9 Å². The molecule has 1 amide bonds. The van der Waals surface area contributed by atoms with Crippen LogP contribution in [0.1, 0.15) is 6.92 Å². The summed E-state index contributed by atoms with van der Waals surface area (Å²) in [6.45, 7) is 5.44. The number of hydrogen-bond donors (Lipinski definition) is 2. The molecule has 0 aliphatic carbocycles. The highest BCUT2D eigenvalue weighted by Crippen LogP contribution is 2.16. The molecule has 0 unspecified atom stereocenters. The van der Waals surface area contributed by atoms with Crippen LogP contribution >= 0.6 is 0 Å². The van der Waals surface area contributed by atoms with Crippen molar-refractivity contribution in [1.82, 2.24) is 4.90 Å². The van der Waals surface area contributed by atoms with Crippen LogP contribution in [0.2, 0.25) is 0 Å². The van der Waals surface area contributed by atoms with Crippen molar-refractivity contribution < 1.29 is 19.4 Å². The summed E-state index contributed by atoms with van der Waals surface area (Å²) in [7, 11) is 0. The fraction of sp³-hybridized carbons (Fsp3) is 0.533. The quantitative estimate of drug-likeness (QED) is 0.809. The molecule has 1 saturated heterocycles. The van der Waals surface area contributed by atoms with Gasteiger partial charge in [0.2, 0.25) is 5.91 Å². The number of carbonyl (C=O) groups is 1. The second-order valence-corrected chi connectivity index (χ2v) is 5.08. The minimum atomic E-state index is -0.530. The molecule has 21 heavy (non-hydrogen) atoms. The third-order valence-electron chi connectivity index (χ3n) is 3.19. The number of aliphatic hydroxyl groups excluding tert-OH is 1. The summed E-state index contributed by atoms with van der Waals surface area (Å²) in [6, 6.07) is 7.08. The number of nitrogens with one attached hydrogen (secondary N) is 1. The summed E-state index contributed by atoms with van der Waals surface area (Å²) in [5.41, 5.74) is 0.726. The van der Waals surface area contributed by atoms with Gasteiger partial charge in [0.1, 0.15) is 18.5 Å². The summed E-state index contributed by atoms with van der Waals surface area (Å²) in [5.74, 6) is 0.565. The van der Waals surface area contributed by atoms with E-state index in [4.69, 9.17) is 9.47 Å². The average molecular weight is 294 g/mol. The number of amides is 1. The Bertz CT molecular complexity index is 443. The van der Waals surface area contributed by atoms with Crippen LogP contribution in [0, 0.1) is 0 Å². The van der Waals surface area contributed by atoms with Crippen LogP contribution in [0.5, 0.6) is 5.75 Å². The third-order valence-corrected chi connectivity index (χ3v) is 3.19. The molecule has 1 aliphatic heterocycles. The first-order valence-electron chi connectivity index (χ1n) is 7.12. The van der Waals surface area contributed by atoms with Crippen LogP contribution in [-0.2, 0) is 9.53 Å². The molecule has 6 heteroatoms. The number of ether oxygens (including phenoxy) is 2. The standard InChI is InChI=1S/C15H22N2O4/c1-12(18)16-13-2-4-15(5-3-13)21-11-14(19)10-17-6-8-20-9-7-17/h2-5,14,19H,6-11H2,1H3,(H,16,18)/t14-/m1/s1. The normalized spacial score (nSPS) is 17.2. The number of benzene rings is 1. The molecule has 1 aliphatic rings. The minimum absolute atomic E-state index is 0.107. The molecular weight excluding hydrogens is 272 g/mol. The summed E-state index contributed by atoms with van der Waals surface area (Å²) in [4.78, 5) is 13.1.